The summed E-state index contributed by atoms with van der Waals surface area (Å²) in [7, 11) is -0.695. The third kappa shape index (κ3) is 6.66. The van der Waals surface area contributed by atoms with Gasteiger partial charge in [0.05, 0.1) is 25.8 Å². The minimum Gasteiger partial charge on any atom is -0.469 e. The number of aliphatic hydroxyl groups is 1. The van der Waals surface area contributed by atoms with E-state index in [0.29, 0.717) is 6.42 Å². The molecule has 188 valence electrons. The molecule has 0 saturated heterocycles. The lowest BCUT2D eigenvalue weighted by Crippen LogP contribution is -2.20. The number of hydrogen-bond donors (Lipinski definition) is 1. The van der Waals surface area contributed by atoms with Crippen LogP contribution >= 0.6 is 7.37 Å². The molecule has 0 spiro atoms. The van der Waals surface area contributed by atoms with Crippen LogP contribution in [0.2, 0.25) is 0 Å². The van der Waals surface area contributed by atoms with Crippen molar-refractivity contribution in [3.05, 3.63) is 66.1 Å². The number of methoxy groups -OCH3 is 1. The summed E-state index contributed by atoms with van der Waals surface area (Å²) in [5.74, 6) is -0.916. The molecule has 7 nitrogen and oxygen atoms in total. The average molecular weight is 503 g/mol. The molecule has 3 aromatic rings. The molecule has 1 N–H and O–H groups in total. The molecular formula is C26H32FN2O5P. The van der Waals surface area contributed by atoms with Gasteiger partial charge >= 0.3 is 5.97 Å². The molecule has 0 aliphatic heterocycles. The van der Waals surface area contributed by atoms with Crippen LogP contribution in [0.4, 0.5) is 4.39 Å². The smallest absolute Gasteiger partial charge is 0.308 e. The second kappa shape index (κ2) is 11.8. The number of benzene rings is 2. The Morgan fingerprint density at radius 2 is 1.74 bits per heavy atom. The second-order valence-corrected chi connectivity index (χ2v) is 11.5. The largest absolute Gasteiger partial charge is 0.469 e. The van der Waals surface area contributed by atoms with Gasteiger partial charge in [0.2, 0.25) is 7.37 Å². The van der Waals surface area contributed by atoms with Gasteiger partial charge in [0, 0.05) is 36.1 Å². The van der Waals surface area contributed by atoms with Crippen molar-refractivity contribution in [1.29, 1.82) is 0 Å². The summed E-state index contributed by atoms with van der Waals surface area (Å²) in [6.07, 6.45) is -1.07. The maximum atomic E-state index is 13.7. The van der Waals surface area contributed by atoms with Gasteiger partial charge in [-0.1, -0.05) is 42.5 Å². The van der Waals surface area contributed by atoms with Crippen LogP contribution in [0.1, 0.15) is 32.0 Å². The second-order valence-electron chi connectivity index (χ2n) is 8.67. The van der Waals surface area contributed by atoms with E-state index >= 15 is 0 Å². The van der Waals surface area contributed by atoms with E-state index in [0.717, 1.165) is 28.1 Å². The molecule has 2 aromatic carbocycles. The van der Waals surface area contributed by atoms with E-state index in [-0.39, 0.29) is 30.6 Å². The van der Waals surface area contributed by atoms with Crippen molar-refractivity contribution in [1.82, 2.24) is 9.78 Å². The molecule has 35 heavy (non-hydrogen) atoms. The van der Waals surface area contributed by atoms with Crippen molar-refractivity contribution < 1.29 is 28.1 Å². The first-order chi connectivity index (χ1) is 16.7. The van der Waals surface area contributed by atoms with Crippen molar-refractivity contribution >= 4 is 13.3 Å². The first-order valence-electron chi connectivity index (χ1n) is 11.5. The zero-order chi connectivity index (χ0) is 25.6. The van der Waals surface area contributed by atoms with Crippen LogP contribution in [0, 0.1) is 5.82 Å². The lowest BCUT2D eigenvalue weighted by Gasteiger charge is -2.20. The van der Waals surface area contributed by atoms with E-state index in [1.807, 2.05) is 48.9 Å². The Hall–Kier alpha value is -2.80. The summed E-state index contributed by atoms with van der Waals surface area (Å²) in [5.41, 5.74) is 4.13. The van der Waals surface area contributed by atoms with E-state index in [1.54, 1.807) is 12.1 Å². The molecular weight excluding hydrogens is 470 g/mol. The van der Waals surface area contributed by atoms with Gasteiger partial charge in [0.1, 0.15) is 11.5 Å². The van der Waals surface area contributed by atoms with Gasteiger partial charge in [-0.05, 0) is 38.0 Å². The fraction of sp³-hybridized carbons (Fsp3) is 0.385. The van der Waals surface area contributed by atoms with Crippen molar-refractivity contribution in [3.8, 4) is 22.4 Å². The van der Waals surface area contributed by atoms with Gasteiger partial charge < -0.3 is 14.4 Å². The fourth-order valence-corrected chi connectivity index (χ4v) is 5.89. The van der Waals surface area contributed by atoms with E-state index in [9.17, 15) is 18.9 Å². The third-order valence-corrected chi connectivity index (χ3v) is 8.37. The van der Waals surface area contributed by atoms with Crippen LogP contribution < -0.4 is 0 Å². The van der Waals surface area contributed by atoms with Crippen LogP contribution in [0.25, 0.3) is 22.4 Å². The first kappa shape index (κ1) is 26.8. The van der Waals surface area contributed by atoms with Gasteiger partial charge in [-0.25, -0.2) is 4.39 Å². The molecule has 0 amide bonds. The third-order valence-electron chi connectivity index (χ3n) is 5.82. The number of esters is 1. The van der Waals surface area contributed by atoms with Gasteiger partial charge in [-0.3, -0.25) is 14.0 Å². The van der Waals surface area contributed by atoms with E-state index in [1.165, 1.54) is 26.4 Å². The van der Waals surface area contributed by atoms with Crippen LogP contribution in [0.15, 0.2) is 54.6 Å². The number of carbonyl (C=O) groups excluding carboxylic acids is 1. The lowest BCUT2D eigenvalue weighted by atomic mass is 9.98. The Labute approximate surface area is 205 Å². The molecule has 0 aliphatic rings. The Morgan fingerprint density at radius 1 is 1.09 bits per heavy atom. The summed E-state index contributed by atoms with van der Waals surface area (Å²) in [5, 5.41) is 15.2. The van der Waals surface area contributed by atoms with Crippen molar-refractivity contribution in [2.24, 2.45) is 0 Å². The maximum Gasteiger partial charge on any atom is 0.308 e. The molecule has 1 aromatic heterocycles. The molecule has 0 aliphatic carbocycles. The Kier molecular flexibility index (Phi) is 9.00. The summed E-state index contributed by atoms with van der Waals surface area (Å²) in [4.78, 5) is 11.5. The summed E-state index contributed by atoms with van der Waals surface area (Å²) >= 11 is 0. The average Bonchev–Trinajstić information content (AvgIpc) is 3.23. The van der Waals surface area contributed by atoms with Gasteiger partial charge in [-0.15, -0.1) is 0 Å². The predicted molar refractivity (Wildman–Crippen MR) is 134 cm³/mol. The highest BCUT2D eigenvalue weighted by atomic mass is 31.2. The predicted octanol–water partition coefficient (Wildman–Crippen LogP) is 5.33. The van der Waals surface area contributed by atoms with Crippen molar-refractivity contribution in [2.45, 2.75) is 38.8 Å². The minimum absolute atomic E-state index is 0.00788. The van der Waals surface area contributed by atoms with Crippen LogP contribution in [0.5, 0.6) is 0 Å². The first-order valence-corrected chi connectivity index (χ1v) is 13.5. The van der Waals surface area contributed by atoms with Gasteiger partial charge in [0.25, 0.3) is 0 Å². The van der Waals surface area contributed by atoms with E-state index in [2.05, 4.69) is 4.74 Å². The maximum absolute atomic E-state index is 13.7. The van der Waals surface area contributed by atoms with E-state index < -0.39 is 19.4 Å². The number of rotatable bonds is 11. The Morgan fingerprint density at radius 3 is 2.31 bits per heavy atom. The SMILES string of the molecule is COC(=O)C[C@H](O)CP(=O)(CCc1c(-c2ccc(F)cc2)c(-c2ccccc2)nn1C(C)C)OC. The number of carbonyl (C=O) groups is 1. The van der Waals surface area contributed by atoms with Crippen LogP contribution in [-0.2, 0) is 25.0 Å². The molecule has 1 unspecified atom stereocenters. The normalized spacial score (nSPS) is 14.0. The monoisotopic (exact) mass is 502 g/mol. The van der Waals surface area contributed by atoms with Crippen molar-refractivity contribution in [2.75, 3.05) is 26.5 Å². The Bertz CT molecular complexity index is 1180. The summed E-state index contributed by atoms with van der Waals surface area (Å²) < 4.78 is 39.0. The van der Waals surface area contributed by atoms with E-state index in [4.69, 9.17) is 9.62 Å². The lowest BCUT2D eigenvalue weighted by molar-refractivity contribution is -0.142. The number of hydrogen-bond acceptors (Lipinski definition) is 6. The highest BCUT2D eigenvalue weighted by Crippen LogP contribution is 2.48. The number of aromatic nitrogens is 2. The van der Waals surface area contributed by atoms with Crippen molar-refractivity contribution in [3.63, 3.8) is 0 Å². The summed E-state index contributed by atoms with van der Waals surface area (Å²) in [6, 6.07) is 16.0. The highest BCUT2D eigenvalue weighted by Gasteiger charge is 2.30. The molecule has 0 fully saturated rings. The number of halogens is 1. The minimum atomic E-state index is -3.28. The molecule has 0 bridgehead atoms. The highest BCUT2D eigenvalue weighted by molar-refractivity contribution is 7.59. The molecule has 1 heterocycles. The van der Waals surface area contributed by atoms with Gasteiger partial charge in [0.15, 0.2) is 0 Å². The quantitative estimate of drug-likeness (QED) is 0.282. The Balaban J connectivity index is 2.03. The topological polar surface area (TPSA) is 90.7 Å². The molecule has 3 rings (SSSR count). The van der Waals surface area contributed by atoms with Crippen LogP contribution in [0.3, 0.4) is 0 Å². The zero-order valence-corrected chi connectivity index (χ0v) is 21.4. The summed E-state index contributed by atoms with van der Waals surface area (Å²) in [6.45, 7) is 4.02. The number of ether oxygens (including phenoxy) is 1. The molecule has 2 atom stereocenters. The number of nitrogens with zero attached hydrogens (tertiary/aromatic N) is 2. The number of aliphatic hydroxyl groups excluding tert-OH is 1. The van der Waals surface area contributed by atoms with Gasteiger partial charge in [-0.2, -0.15) is 5.10 Å². The fourth-order valence-electron chi connectivity index (χ4n) is 4.05. The van der Waals surface area contributed by atoms with Crippen LogP contribution in [-0.4, -0.2) is 53.5 Å². The molecule has 0 radical (unpaired) electrons. The standard InChI is InChI=1S/C26H32FN2O5P/c1-18(2)29-23(14-15-35(32,34-4)17-22(30)16-24(31)33-3)25(19-10-12-21(27)13-11-19)26(28-29)20-8-6-5-7-9-20/h5-13,18,22,30H,14-17H2,1-4H3/t22-,35?/m0/s1. The zero-order valence-electron chi connectivity index (χ0n) is 20.5. The molecule has 9 heteroatoms. The molecule has 0 saturated carbocycles.